The summed E-state index contributed by atoms with van der Waals surface area (Å²) in [4.78, 5) is 12.4. The third kappa shape index (κ3) is 5.69. The lowest BCUT2D eigenvalue weighted by molar-refractivity contribution is -0.118. The summed E-state index contributed by atoms with van der Waals surface area (Å²) < 4.78 is 2.20. The summed E-state index contributed by atoms with van der Waals surface area (Å²) in [5.41, 5.74) is 2.18. The molecule has 1 heterocycles. The van der Waals surface area contributed by atoms with Crippen molar-refractivity contribution in [2.45, 2.75) is 49.7 Å². The van der Waals surface area contributed by atoms with E-state index in [1.54, 1.807) is 0 Å². The molecule has 1 aliphatic carbocycles. The highest BCUT2D eigenvalue weighted by Gasteiger charge is 2.26. The normalized spacial score (nSPS) is 14.1. The molecule has 1 N–H and O–H groups in total. The Morgan fingerprint density at radius 1 is 1.06 bits per heavy atom. The molecule has 4 rings (SSSR count). The Labute approximate surface area is 192 Å². The fourth-order valence-corrected chi connectivity index (χ4v) is 5.10. The molecule has 7 heteroatoms. The Morgan fingerprint density at radius 3 is 2.58 bits per heavy atom. The predicted octanol–water partition coefficient (Wildman–Crippen LogP) is 5.55. The van der Waals surface area contributed by atoms with E-state index in [2.05, 4.69) is 32.2 Å². The molecule has 0 saturated heterocycles. The van der Waals surface area contributed by atoms with Crippen molar-refractivity contribution in [2.24, 2.45) is 0 Å². The van der Waals surface area contributed by atoms with E-state index in [0.717, 1.165) is 42.2 Å². The summed E-state index contributed by atoms with van der Waals surface area (Å²) >= 11 is 7.89. The van der Waals surface area contributed by atoms with Gasteiger partial charge in [0.15, 0.2) is 11.0 Å². The summed E-state index contributed by atoms with van der Waals surface area (Å²) in [6.07, 6.45) is 6.51. The Hall–Kier alpha value is -2.31. The molecular formula is C24H27ClN4OS. The first-order valence-corrected chi connectivity index (χ1v) is 12.2. The van der Waals surface area contributed by atoms with Crippen LogP contribution >= 0.6 is 23.4 Å². The number of benzene rings is 2. The fourth-order valence-electron chi connectivity index (χ4n) is 4.04. The standard InChI is InChI=1S/C24H27ClN4OS/c25-21-15-7-6-14-20(21)23-27-28-24(29(23)19-12-4-5-13-19)31-17-22(30)26-16-8-11-18-9-2-1-3-10-18/h1-3,6-7,9-10,14-15,19H,4-5,8,11-13,16-17H2,(H,26,30). The number of nitrogens with zero attached hydrogens (tertiary/aromatic N) is 3. The molecule has 1 saturated carbocycles. The summed E-state index contributed by atoms with van der Waals surface area (Å²) in [5, 5.41) is 13.4. The molecule has 0 radical (unpaired) electrons. The second-order valence-corrected chi connectivity index (χ2v) is 9.17. The molecule has 3 aromatic rings. The second-order valence-electron chi connectivity index (χ2n) is 7.82. The largest absolute Gasteiger partial charge is 0.355 e. The third-order valence-corrected chi connectivity index (χ3v) is 6.88. The van der Waals surface area contributed by atoms with Crippen molar-refractivity contribution in [3.63, 3.8) is 0 Å². The van der Waals surface area contributed by atoms with Gasteiger partial charge in [-0.25, -0.2) is 0 Å². The van der Waals surface area contributed by atoms with Crippen molar-refractivity contribution in [1.29, 1.82) is 0 Å². The van der Waals surface area contributed by atoms with E-state index < -0.39 is 0 Å². The third-order valence-electron chi connectivity index (χ3n) is 5.61. The molecule has 5 nitrogen and oxygen atoms in total. The summed E-state index contributed by atoms with van der Waals surface area (Å²) in [6.45, 7) is 0.675. The van der Waals surface area contributed by atoms with Crippen molar-refractivity contribution in [2.75, 3.05) is 12.3 Å². The second kappa shape index (κ2) is 10.8. The van der Waals surface area contributed by atoms with Crippen LogP contribution in [0.1, 0.15) is 43.7 Å². The van der Waals surface area contributed by atoms with Crippen LogP contribution in [0, 0.1) is 0 Å². The van der Waals surface area contributed by atoms with Gasteiger partial charge in [-0.2, -0.15) is 0 Å². The van der Waals surface area contributed by atoms with Crippen molar-refractivity contribution >= 4 is 29.3 Å². The van der Waals surface area contributed by atoms with E-state index >= 15 is 0 Å². The Morgan fingerprint density at radius 2 is 1.81 bits per heavy atom. The molecule has 2 aromatic carbocycles. The molecule has 0 atom stereocenters. The predicted molar refractivity (Wildman–Crippen MR) is 126 cm³/mol. The maximum absolute atomic E-state index is 12.4. The number of thioether (sulfide) groups is 1. The van der Waals surface area contributed by atoms with Gasteiger partial charge in [0.05, 0.1) is 10.8 Å². The average Bonchev–Trinajstić information content (AvgIpc) is 3.46. The van der Waals surface area contributed by atoms with Gasteiger partial charge in [0.25, 0.3) is 0 Å². The minimum atomic E-state index is 0.0262. The first kappa shape index (κ1) is 21.9. The van der Waals surface area contributed by atoms with Crippen LogP contribution < -0.4 is 5.32 Å². The topological polar surface area (TPSA) is 59.8 Å². The van der Waals surface area contributed by atoms with Crippen molar-refractivity contribution < 1.29 is 4.79 Å². The van der Waals surface area contributed by atoms with Crippen LogP contribution in [-0.2, 0) is 11.2 Å². The van der Waals surface area contributed by atoms with E-state index in [-0.39, 0.29) is 5.91 Å². The number of hydrogen-bond donors (Lipinski definition) is 1. The quantitative estimate of drug-likeness (QED) is 0.340. The molecule has 0 aliphatic heterocycles. The summed E-state index contributed by atoms with van der Waals surface area (Å²) in [5.74, 6) is 1.15. The number of hydrogen-bond acceptors (Lipinski definition) is 4. The van der Waals surface area contributed by atoms with E-state index in [9.17, 15) is 4.79 Å². The lowest BCUT2D eigenvalue weighted by atomic mass is 10.1. The van der Waals surface area contributed by atoms with Gasteiger partial charge in [-0.1, -0.05) is 78.7 Å². The van der Waals surface area contributed by atoms with E-state index in [1.807, 2.05) is 42.5 Å². The zero-order chi connectivity index (χ0) is 21.5. The highest BCUT2D eigenvalue weighted by atomic mass is 35.5. The van der Waals surface area contributed by atoms with Gasteiger partial charge in [0.2, 0.25) is 5.91 Å². The zero-order valence-corrected chi connectivity index (χ0v) is 19.0. The minimum Gasteiger partial charge on any atom is -0.355 e. The molecule has 1 amide bonds. The van der Waals surface area contributed by atoms with Crippen molar-refractivity contribution in [1.82, 2.24) is 20.1 Å². The van der Waals surface area contributed by atoms with Gasteiger partial charge in [0, 0.05) is 18.2 Å². The van der Waals surface area contributed by atoms with Crippen LogP contribution in [0.2, 0.25) is 5.02 Å². The number of carbonyl (C=O) groups excluding carboxylic acids is 1. The van der Waals surface area contributed by atoms with Gasteiger partial charge < -0.3 is 5.32 Å². The number of aryl methyl sites for hydroxylation is 1. The van der Waals surface area contributed by atoms with Gasteiger partial charge >= 0.3 is 0 Å². The summed E-state index contributed by atoms with van der Waals surface area (Å²) in [7, 11) is 0. The maximum Gasteiger partial charge on any atom is 0.230 e. The Bertz CT molecular complexity index is 1000. The van der Waals surface area contributed by atoms with Crippen LogP contribution in [0.25, 0.3) is 11.4 Å². The number of amides is 1. The highest BCUT2D eigenvalue weighted by Crippen LogP contribution is 2.38. The number of aromatic nitrogens is 3. The van der Waals surface area contributed by atoms with Gasteiger partial charge in [0.1, 0.15) is 0 Å². The first-order valence-electron chi connectivity index (χ1n) is 10.9. The number of rotatable bonds is 9. The van der Waals surface area contributed by atoms with E-state index in [4.69, 9.17) is 11.6 Å². The number of carbonyl (C=O) groups is 1. The van der Waals surface area contributed by atoms with Crippen LogP contribution in [0.3, 0.4) is 0 Å². The van der Waals surface area contributed by atoms with Gasteiger partial charge in [-0.15, -0.1) is 10.2 Å². The Balaban J connectivity index is 1.36. The van der Waals surface area contributed by atoms with Crippen LogP contribution in [0.5, 0.6) is 0 Å². The average molecular weight is 455 g/mol. The SMILES string of the molecule is O=C(CSc1nnc(-c2ccccc2Cl)n1C1CCCC1)NCCCc1ccccc1. The molecule has 0 spiro atoms. The Kier molecular flexibility index (Phi) is 7.65. The highest BCUT2D eigenvalue weighted by molar-refractivity contribution is 7.99. The zero-order valence-electron chi connectivity index (χ0n) is 17.5. The molecule has 0 unspecified atom stereocenters. The molecule has 162 valence electrons. The molecule has 1 aliphatic rings. The van der Waals surface area contributed by atoms with E-state index in [0.29, 0.717) is 23.4 Å². The van der Waals surface area contributed by atoms with Crippen LogP contribution in [0.15, 0.2) is 59.8 Å². The monoisotopic (exact) mass is 454 g/mol. The molecule has 1 aromatic heterocycles. The molecular weight excluding hydrogens is 428 g/mol. The lowest BCUT2D eigenvalue weighted by Gasteiger charge is -2.17. The fraction of sp³-hybridized carbons (Fsp3) is 0.375. The van der Waals surface area contributed by atoms with Gasteiger partial charge in [-0.05, 0) is 43.4 Å². The lowest BCUT2D eigenvalue weighted by Crippen LogP contribution is -2.26. The molecule has 0 bridgehead atoms. The smallest absolute Gasteiger partial charge is 0.230 e. The maximum atomic E-state index is 12.4. The summed E-state index contributed by atoms with van der Waals surface area (Å²) in [6, 6.07) is 18.4. The number of nitrogens with one attached hydrogen (secondary N) is 1. The van der Waals surface area contributed by atoms with Crippen molar-refractivity contribution in [3.8, 4) is 11.4 Å². The molecule has 31 heavy (non-hydrogen) atoms. The van der Waals surface area contributed by atoms with Gasteiger partial charge in [-0.3, -0.25) is 9.36 Å². The first-order chi connectivity index (χ1) is 15.2. The van der Waals surface area contributed by atoms with Crippen LogP contribution in [-0.4, -0.2) is 33.0 Å². The van der Waals surface area contributed by atoms with E-state index in [1.165, 1.54) is 30.2 Å². The van der Waals surface area contributed by atoms with Crippen LogP contribution in [0.4, 0.5) is 0 Å². The minimum absolute atomic E-state index is 0.0262. The molecule has 1 fully saturated rings. The number of halogens is 1. The van der Waals surface area contributed by atoms with Crippen molar-refractivity contribution in [3.05, 3.63) is 65.2 Å².